The number of amides is 1. The van der Waals surface area contributed by atoms with Gasteiger partial charge in [-0.05, 0) is 39.5 Å². The van der Waals surface area contributed by atoms with Gasteiger partial charge in [0, 0.05) is 11.0 Å². The summed E-state index contributed by atoms with van der Waals surface area (Å²) in [5.41, 5.74) is 1.55. The molecule has 0 radical (unpaired) electrons. The van der Waals surface area contributed by atoms with Crippen molar-refractivity contribution in [3.05, 3.63) is 70.2 Å². The molecule has 23 heavy (non-hydrogen) atoms. The highest BCUT2D eigenvalue weighted by Gasteiger charge is 2.13. The molecule has 0 saturated heterocycles. The van der Waals surface area contributed by atoms with Gasteiger partial charge >= 0.3 is 5.97 Å². The molecule has 0 fully saturated rings. The molecular formula is C18H18BrNO3. The van der Waals surface area contributed by atoms with E-state index in [9.17, 15) is 9.59 Å². The van der Waals surface area contributed by atoms with E-state index in [-0.39, 0.29) is 18.4 Å². The molecular weight excluding hydrogens is 358 g/mol. The zero-order valence-electron chi connectivity index (χ0n) is 12.8. The van der Waals surface area contributed by atoms with Crippen molar-refractivity contribution in [2.24, 2.45) is 0 Å². The van der Waals surface area contributed by atoms with Gasteiger partial charge in [-0.2, -0.15) is 0 Å². The molecule has 0 aromatic heterocycles. The van der Waals surface area contributed by atoms with E-state index in [2.05, 4.69) is 21.2 Å². The first-order valence-corrected chi connectivity index (χ1v) is 8.10. The van der Waals surface area contributed by atoms with Crippen LogP contribution >= 0.6 is 15.9 Å². The van der Waals surface area contributed by atoms with Gasteiger partial charge in [0.15, 0.2) is 6.61 Å². The number of benzene rings is 2. The maximum Gasteiger partial charge on any atom is 0.339 e. The Morgan fingerprint density at radius 1 is 1.09 bits per heavy atom. The third-order valence-corrected chi connectivity index (χ3v) is 4.09. The van der Waals surface area contributed by atoms with Crippen LogP contribution in [-0.2, 0) is 9.53 Å². The van der Waals surface area contributed by atoms with Crippen molar-refractivity contribution in [3.8, 4) is 0 Å². The average molecular weight is 376 g/mol. The van der Waals surface area contributed by atoms with Crippen molar-refractivity contribution in [3.63, 3.8) is 0 Å². The summed E-state index contributed by atoms with van der Waals surface area (Å²) in [4.78, 5) is 23.7. The fourth-order valence-corrected chi connectivity index (χ4v) is 2.50. The molecule has 0 saturated carbocycles. The van der Waals surface area contributed by atoms with Crippen LogP contribution in [0.15, 0.2) is 59.1 Å². The van der Waals surface area contributed by atoms with Crippen LogP contribution in [0, 0.1) is 0 Å². The Hall–Kier alpha value is -2.14. The summed E-state index contributed by atoms with van der Waals surface area (Å²) in [5.74, 6) is -0.643. The Balaban J connectivity index is 1.77. The maximum absolute atomic E-state index is 11.9. The van der Waals surface area contributed by atoms with Gasteiger partial charge < -0.3 is 10.1 Å². The molecule has 2 rings (SSSR count). The lowest BCUT2D eigenvalue weighted by atomic mass is 10.0. The van der Waals surface area contributed by atoms with Crippen LogP contribution in [0.25, 0.3) is 0 Å². The molecule has 0 bridgehead atoms. The maximum atomic E-state index is 11.9. The normalized spacial score (nSPS) is 11.6. The summed E-state index contributed by atoms with van der Waals surface area (Å²) in [6, 6.07) is 16.9. The second kappa shape index (κ2) is 8.48. The van der Waals surface area contributed by atoms with E-state index >= 15 is 0 Å². The van der Waals surface area contributed by atoms with Crippen LogP contribution in [0.2, 0.25) is 0 Å². The third kappa shape index (κ3) is 5.21. The molecule has 120 valence electrons. The van der Waals surface area contributed by atoms with E-state index < -0.39 is 5.97 Å². The second-order valence-electron chi connectivity index (χ2n) is 5.17. The molecule has 2 aromatic rings. The minimum Gasteiger partial charge on any atom is -0.452 e. The number of nitrogens with one attached hydrogen (secondary N) is 1. The topological polar surface area (TPSA) is 55.4 Å². The van der Waals surface area contributed by atoms with E-state index in [1.807, 2.05) is 37.3 Å². The van der Waals surface area contributed by atoms with Gasteiger partial charge in [0.25, 0.3) is 5.91 Å². The van der Waals surface area contributed by atoms with E-state index in [1.54, 1.807) is 24.3 Å². The SMILES string of the molecule is C[C@H](CNC(=O)COC(=O)c1ccccc1Br)c1ccccc1. The Bertz CT molecular complexity index is 673. The minimum absolute atomic E-state index is 0.194. The van der Waals surface area contributed by atoms with Gasteiger partial charge in [-0.1, -0.05) is 49.4 Å². The van der Waals surface area contributed by atoms with Crippen LogP contribution < -0.4 is 5.32 Å². The number of ether oxygens (including phenoxy) is 1. The van der Waals surface area contributed by atoms with Gasteiger partial charge in [-0.25, -0.2) is 4.79 Å². The van der Waals surface area contributed by atoms with Crippen molar-refractivity contribution in [2.75, 3.05) is 13.2 Å². The first kappa shape index (κ1) is 17.2. The van der Waals surface area contributed by atoms with Gasteiger partial charge in [0.1, 0.15) is 0 Å². The molecule has 0 aliphatic rings. The van der Waals surface area contributed by atoms with Gasteiger partial charge in [-0.3, -0.25) is 4.79 Å². The number of hydrogen-bond acceptors (Lipinski definition) is 3. The molecule has 1 N–H and O–H groups in total. The largest absolute Gasteiger partial charge is 0.452 e. The van der Waals surface area contributed by atoms with Crippen molar-refractivity contribution in [1.82, 2.24) is 5.32 Å². The predicted molar refractivity (Wildman–Crippen MR) is 92.3 cm³/mol. The Labute approximate surface area is 144 Å². The van der Waals surface area contributed by atoms with Crippen molar-refractivity contribution >= 4 is 27.8 Å². The van der Waals surface area contributed by atoms with Crippen LogP contribution in [-0.4, -0.2) is 25.0 Å². The fraction of sp³-hybridized carbons (Fsp3) is 0.222. The smallest absolute Gasteiger partial charge is 0.339 e. The monoisotopic (exact) mass is 375 g/mol. The minimum atomic E-state index is -0.524. The first-order chi connectivity index (χ1) is 11.1. The highest BCUT2D eigenvalue weighted by molar-refractivity contribution is 9.10. The molecule has 2 aromatic carbocycles. The van der Waals surface area contributed by atoms with Crippen LogP contribution in [0.3, 0.4) is 0 Å². The fourth-order valence-electron chi connectivity index (χ4n) is 2.05. The Morgan fingerprint density at radius 3 is 2.43 bits per heavy atom. The van der Waals surface area contributed by atoms with Crippen LogP contribution in [0.1, 0.15) is 28.8 Å². The average Bonchev–Trinajstić information content (AvgIpc) is 2.58. The molecule has 0 aliphatic carbocycles. The zero-order valence-corrected chi connectivity index (χ0v) is 14.4. The summed E-state index contributed by atoms with van der Waals surface area (Å²) >= 11 is 3.28. The zero-order chi connectivity index (χ0) is 16.7. The summed E-state index contributed by atoms with van der Waals surface area (Å²) in [7, 11) is 0. The molecule has 0 heterocycles. The van der Waals surface area contributed by atoms with E-state index in [1.165, 1.54) is 0 Å². The molecule has 1 amide bonds. The molecule has 1 atom stereocenters. The number of esters is 1. The number of carbonyl (C=O) groups is 2. The second-order valence-corrected chi connectivity index (χ2v) is 6.03. The molecule has 4 nitrogen and oxygen atoms in total. The van der Waals surface area contributed by atoms with Gasteiger partial charge in [0.05, 0.1) is 5.56 Å². The highest BCUT2D eigenvalue weighted by atomic mass is 79.9. The van der Waals surface area contributed by atoms with Gasteiger partial charge in [0.2, 0.25) is 0 Å². The molecule has 0 aliphatic heterocycles. The number of carbonyl (C=O) groups excluding carboxylic acids is 2. The molecule has 5 heteroatoms. The summed E-state index contributed by atoms with van der Waals surface area (Å²) in [6.07, 6.45) is 0. The lowest BCUT2D eigenvalue weighted by Crippen LogP contribution is -2.31. The standard InChI is InChI=1S/C18H18BrNO3/c1-13(14-7-3-2-4-8-14)11-20-17(21)12-23-18(22)15-9-5-6-10-16(15)19/h2-10,13H,11-12H2,1H3,(H,20,21)/t13-/m1/s1. The number of hydrogen-bond donors (Lipinski definition) is 1. The Kier molecular flexibility index (Phi) is 6.35. The van der Waals surface area contributed by atoms with Gasteiger partial charge in [-0.15, -0.1) is 0 Å². The third-order valence-electron chi connectivity index (χ3n) is 3.40. The number of rotatable bonds is 6. The van der Waals surface area contributed by atoms with E-state index in [4.69, 9.17) is 4.74 Å². The molecule has 0 unspecified atom stereocenters. The van der Waals surface area contributed by atoms with Crippen LogP contribution in [0.5, 0.6) is 0 Å². The molecule has 0 spiro atoms. The van der Waals surface area contributed by atoms with Crippen molar-refractivity contribution in [2.45, 2.75) is 12.8 Å². The number of halogens is 1. The Morgan fingerprint density at radius 2 is 1.74 bits per heavy atom. The summed E-state index contributed by atoms with van der Waals surface area (Å²) < 4.78 is 5.67. The van der Waals surface area contributed by atoms with E-state index in [0.717, 1.165) is 5.56 Å². The highest BCUT2D eigenvalue weighted by Crippen LogP contribution is 2.16. The van der Waals surface area contributed by atoms with E-state index in [0.29, 0.717) is 16.6 Å². The predicted octanol–water partition coefficient (Wildman–Crippen LogP) is 3.53. The summed E-state index contributed by atoms with van der Waals surface area (Å²) in [5, 5.41) is 2.77. The lowest BCUT2D eigenvalue weighted by Gasteiger charge is -2.13. The van der Waals surface area contributed by atoms with Crippen LogP contribution in [0.4, 0.5) is 0 Å². The summed E-state index contributed by atoms with van der Waals surface area (Å²) in [6.45, 7) is 2.24. The van der Waals surface area contributed by atoms with Crippen molar-refractivity contribution in [1.29, 1.82) is 0 Å². The van der Waals surface area contributed by atoms with Crippen molar-refractivity contribution < 1.29 is 14.3 Å². The first-order valence-electron chi connectivity index (χ1n) is 7.31. The quantitative estimate of drug-likeness (QED) is 0.785. The lowest BCUT2D eigenvalue weighted by molar-refractivity contribution is -0.124.